The van der Waals surface area contributed by atoms with Crippen LogP contribution in [-0.2, 0) is 14.2 Å². The lowest BCUT2D eigenvalue weighted by atomic mass is 9.92. The molecule has 40 heavy (non-hydrogen) atoms. The zero-order valence-electron chi connectivity index (χ0n) is 22.3. The molecule has 3 aromatic carbocycles. The zero-order chi connectivity index (χ0) is 27.5. The molecule has 204 valence electrons. The maximum Gasteiger partial charge on any atom is 0.412 e. The first-order chi connectivity index (χ1) is 19.6. The summed E-state index contributed by atoms with van der Waals surface area (Å²) in [7, 11) is 0. The maximum absolute atomic E-state index is 12.5. The SMILES string of the molecule is C[C@@H](OC(=O)Nc1ccc(-c2c(C#N)c3cc(OC4COCOC4)ccc3n2C2CCC2)cc1)c1ccccc1. The average molecular weight is 538 g/mol. The van der Waals surface area contributed by atoms with Crippen molar-refractivity contribution in [2.24, 2.45) is 0 Å². The second-order valence-electron chi connectivity index (χ2n) is 10.2. The molecule has 0 unspecified atom stereocenters. The summed E-state index contributed by atoms with van der Waals surface area (Å²) in [4.78, 5) is 12.5. The number of carbonyl (C=O) groups excluding carboxylic acids is 1. The minimum Gasteiger partial charge on any atom is -0.486 e. The van der Waals surface area contributed by atoms with E-state index in [0.29, 0.717) is 36.3 Å². The van der Waals surface area contributed by atoms with E-state index in [-0.39, 0.29) is 19.0 Å². The van der Waals surface area contributed by atoms with Crippen molar-refractivity contribution in [3.63, 3.8) is 0 Å². The van der Waals surface area contributed by atoms with Crippen LogP contribution in [0.3, 0.4) is 0 Å². The van der Waals surface area contributed by atoms with Crippen LogP contribution >= 0.6 is 0 Å². The number of ether oxygens (including phenoxy) is 4. The standard InChI is InChI=1S/C32H31N3O5/c1-21(22-6-3-2-4-7-22)39-32(36)34-24-12-10-23(11-13-24)31-29(17-33)28-16-26(40-27-18-37-20-38-19-27)14-15-30(28)35(31)25-8-5-9-25/h2-4,6-7,10-16,21,25,27H,5,8-9,18-20H2,1H3,(H,34,36)/t21-/m1/s1. The van der Waals surface area contributed by atoms with Gasteiger partial charge in [-0.3, -0.25) is 5.32 Å². The zero-order valence-corrected chi connectivity index (χ0v) is 22.3. The van der Waals surface area contributed by atoms with Crippen LogP contribution in [0.5, 0.6) is 5.75 Å². The number of benzene rings is 3. The van der Waals surface area contributed by atoms with Crippen LogP contribution in [0.2, 0.25) is 0 Å². The normalized spacial score (nSPS) is 16.6. The number of nitrogens with zero attached hydrogens (tertiary/aromatic N) is 2. The Kier molecular flexibility index (Phi) is 7.41. The number of hydrogen-bond donors (Lipinski definition) is 1. The number of nitriles is 1. The molecule has 1 saturated carbocycles. The average Bonchev–Trinajstić information content (AvgIpc) is 3.26. The van der Waals surface area contributed by atoms with Crippen molar-refractivity contribution in [2.75, 3.05) is 25.3 Å². The van der Waals surface area contributed by atoms with Crippen molar-refractivity contribution in [3.8, 4) is 23.1 Å². The molecule has 6 rings (SSSR count). The number of nitrogens with one attached hydrogen (secondary N) is 1. The number of aromatic nitrogens is 1. The van der Waals surface area contributed by atoms with E-state index in [1.807, 2.05) is 79.7 Å². The number of carbonyl (C=O) groups is 1. The third-order valence-corrected chi connectivity index (χ3v) is 7.56. The fourth-order valence-corrected chi connectivity index (χ4v) is 5.33. The lowest BCUT2D eigenvalue weighted by molar-refractivity contribution is -0.143. The number of amides is 1. The smallest absolute Gasteiger partial charge is 0.412 e. The minimum atomic E-state index is -0.522. The molecule has 2 heterocycles. The summed E-state index contributed by atoms with van der Waals surface area (Å²) in [6, 6.07) is 25.9. The van der Waals surface area contributed by atoms with Gasteiger partial charge in [0.05, 0.1) is 30.0 Å². The Bertz CT molecular complexity index is 1530. The Hall–Kier alpha value is -4.32. The number of rotatable bonds is 7. The Morgan fingerprint density at radius 3 is 2.48 bits per heavy atom. The number of fused-ring (bicyclic) bond motifs is 1. The van der Waals surface area contributed by atoms with E-state index in [1.165, 1.54) is 6.42 Å². The molecule has 8 nitrogen and oxygen atoms in total. The quantitative estimate of drug-likeness (QED) is 0.274. The monoisotopic (exact) mass is 537 g/mol. The van der Waals surface area contributed by atoms with Gasteiger partial charge in [-0.15, -0.1) is 0 Å². The molecule has 0 bridgehead atoms. The highest BCUT2D eigenvalue weighted by molar-refractivity contribution is 5.96. The molecule has 4 aromatic rings. The Morgan fingerprint density at radius 2 is 1.80 bits per heavy atom. The molecular weight excluding hydrogens is 506 g/mol. The van der Waals surface area contributed by atoms with Gasteiger partial charge in [0, 0.05) is 17.1 Å². The van der Waals surface area contributed by atoms with Crippen LogP contribution in [-0.4, -0.2) is 36.8 Å². The largest absolute Gasteiger partial charge is 0.486 e. The highest BCUT2D eigenvalue weighted by atomic mass is 16.7. The molecule has 8 heteroatoms. The van der Waals surface area contributed by atoms with Crippen molar-refractivity contribution in [3.05, 3.63) is 83.9 Å². The second-order valence-corrected chi connectivity index (χ2v) is 10.2. The van der Waals surface area contributed by atoms with E-state index in [4.69, 9.17) is 18.9 Å². The van der Waals surface area contributed by atoms with Gasteiger partial charge in [-0.2, -0.15) is 5.26 Å². The summed E-state index contributed by atoms with van der Waals surface area (Å²) in [5.41, 5.74) is 4.96. The Labute approximate surface area is 233 Å². The van der Waals surface area contributed by atoms with E-state index >= 15 is 0 Å². The molecule has 2 aliphatic rings. The van der Waals surface area contributed by atoms with Gasteiger partial charge in [0.2, 0.25) is 0 Å². The van der Waals surface area contributed by atoms with Crippen LogP contribution in [0.4, 0.5) is 10.5 Å². The first-order valence-corrected chi connectivity index (χ1v) is 13.6. The summed E-state index contributed by atoms with van der Waals surface area (Å²) in [6.45, 7) is 3.06. The molecule has 0 spiro atoms. The molecule has 1 aliphatic heterocycles. The number of hydrogen-bond acceptors (Lipinski definition) is 6. The molecule has 1 aromatic heterocycles. The van der Waals surface area contributed by atoms with E-state index in [9.17, 15) is 10.1 Å². The van der Waals surface area contributed by atoms with Crippen LogP contribution in [0, 0.1) is 11.3 Å². The highest BCUT2D eigenvalue weighted by Crippen LogP contribution is 2.43. The molecule has 1 aliphatic carbocycles. The second kappa shape index (κ2) is 11.4. The fraction of sp³-hybridized carbons (Fsp3) is 0.312. The van der Waals surface area contributed by atoms with Gasteiger partial charge in [0.25, 0.3) is 0 Å². The van der Waals surface area contributed by atoms with E-state index in [0.717, 1.165) is 40.6 Å². The summed E-state index contributed by atoms with van der Waals surface area (Å²) < 4.78 is 24.7. The highest BCUT2D eigenvalue weighted by Gasteiger charge is 2.28. The van der Waals surface area contributed by atoms with Crippen molar-refractivity contribution < 1.29 is 23.7 Å². The summed E-state index contributed by atoms with van der Waals surface area (Å²) in [6.07, 6.45) is 2.23. The van der Waals surface area contributed by atoms with Gasteiger partial charge in [-0.1, -0.05) is 42.5 Å². The van der Waals surface area contributed by atoms with Crippen LogP contribution in [0.15, 0.2) is 72.8 Å². The van der Waals surface area contributed by atoms with Gasteiger partial charge in [0.1, 0.15) is 30.8 Å². The van der Waals surface area contributed by atoms with Crippen molar-refractivity contribution in [1.82, 2.24) is 4.57 Å². The van der Waals surface area contributed by atoms with Crippen LogP contribution in [0.25, 0.3) is 22.2 Å². The van der Waals surface area contributed by atoms with E-state index in [1.54, 1.807) is 0 Å². The summed E-state index contributed by atoms with van der Waals surface area (Å²) in [5.74, 6) is 0.684. The Balaban J connectivity index is 1.27. The molecule has 1 N–H and O–H groups in total. The van der Waals surface area contributed by atoms with Gasteiger partial charge in [-0.25, -0.2) is 4.79 Å². The van der Waals surface area contributed by atoms with Crippen molar-refractivity contribution >= 4 is 22.7 Å². The van der Waals surface area contributed by atoms with Gasteiger partial charge >= 0.3 is 6.09 Å². The van der Waals surface area contributed by atoms with Gasteiger partial charge in [-0.05, 0) is 67.6 Å². The molecule has 1 amide bonds. The lowest BCUT2D eigenvalue weighted by Crippen LogP contribution is -2.33. The van der Waals surface area contributed by atoms with Crippen LogP contribution < -0.4 is 10.1 Å². The van der Waals surface area contributed by atoms with Crippen molar-refractivity contribution in [2.45, 2.75) is 44.4 Å². The fourth-order valence-electron chi connectivity index (χ4n) is 5.33. The maximum atomic E-state index is 12.5. The third-order valence-electron chi connectivity index (χ3n) is 7.56. The first kappa shape index (κ1) is 25.9. The van der Waals surface area contributed by atoms with E-state index in [2.05, 4.69) is 16.0 Å². The molecule has 0 radical (unpaired) electrons. The van der Waals surface area contributed by atoms with E-state index < -0.39 is 6.09 Å². The molecular formula is C32H31N3O5. The molecule has 1 atom stereocenters. The predicted octanol–water partition coefficient (Wildman–Crippen LogP) is 6.97. The van der Waals surface area contributed by atoms with Gasteiger partial charge in [0.15, 0.2) is 0 Å². The van der Waals surface area contributed by atoms with Crippen LogP contribution in [0.1, 0.15) is 49.5 Å². The number of anilines is 1. The first-order valence-electron chi connectivity index (χ1n) is 13.6. The lowest BCUT2D eigenvalue weighted by Gasteiger charge is -2.30. The third kappa shape index (κ3) is 5.26. The topological polar surface area (TPSA) is 94.7 Å². The summed E-state index contributed by atoms with van der Waals surface area (Å²) >= 11 is 0. The molecule has 1 saturated heterocycles. The predicted molar refractivity (Wildman–Crippen MR) is 151 cm³/mol. The minimum absolute atomic E-state index is 0.188. The molecule has 2 fully saturated rings. The Morgan fingerprint density at radius 1 is 1.05 bits per heavy atom. The van der Waals surface area contributed by atoms with Gasteiger partial charge < -0.3 is 23.5 Å². The summed E-state index contributed by atoms with van der Waals surface area (Å²) in [5, 5.41) is 14.0. The van der Waals surface area contributed by atoms with Crippen molar-refractivity contribution in [1.29, 1.82) is 5.26 Å².